The minimum absolute atomic E-state index is 0.0934. The molecular weight excluding hydrogens is 886 g/mol. The first-order valence-electron chi connectivity index (χ1n) is 22.2. The van der Waals surface area contributed by atoms with Gasteiger partial charge in [-0.05, 0) is 72.7 Å². The number of esters is 2. The molecule has 0 saturated carbocycles. The van der Waals surface area contributed by atoms with Crippen molar-refractivity contribution in [3.8, 4) is 0 Å². The van der Waals surface area contributed by atoms with E-state index in [-0.39, 0.29) is 37.8 Å². The molecular formula is C46H65F3N6O12. The number of carbonyl (C=O) groups excluding carboxylic acids is 5. The molecule has 2 aliphatic heterocycles. The zero-order valence-corrected chi connectivity index (χ0v) is 39.6. The van der Waals surface area contributed by atoms with Crippen LogP contribution >= 0.6 is 0 Å². The number of likely N-dealkylation sites (N-methyl/N-ethyl adjacent to an activating group) is 1. The summed E-state index contributed by atoms with van der Waals surface area (Å²) in [6.45, 7) is 12.6. The largest absolute Gasteiger partial charge is 0.461 e. The van der Waals surface area contributed by atoms with Crippen molar-refractivity contribution in [2.24, 2.45) is 29.4 Å². The number of rotatable bonds is 13. The highest BCUT2D eigenvalue weighted by Crippen LogP contribution is 2.41. The summed E-state index contributed by atoms with van der Waals surface area (Å²) >= 11 is 0. The van der Waals surface area contributed by atoms with Crippen LogP contribution in [-0.2, 0) is 60.2 Å². The normalized spacial score (nSPS) is 33.6. The zero-order chi connectivity index (χ0) is 50.0. The average Bonchev–Trinajstić information content (AvgIpc) is 3.27. The second-order valence-electron chi connectivity index (χ2n) is 18.1. The Morgan fingerprint density at radius 3 is 2.33 bits per heavy atom. The van der Waals surface area contributed by atoms with Gasteiger partial charge in [0.15, 0.2) is 11.9 Å². The molecule has 2 saturated heterocycles. The molecule has 2 aliphatic rings. The lowest BCUT2D eigenvalue weighted by Crippen LogP contribution is -2.63. The third kappa shape index (κ3) is 13.8. The summed E-state index contributed by atoms with van der Waals surface area (Å²) in [6.07, 6.45) is -5.25. The lowest BCUT2D eigenvalue weighted by atomic mass is 9.73. The smallest absolute Gasteiger partial charge is 0.451 e. The summed E-state index contributed by atoms with van der Waals surface area (Å²) in [7, 11) is 3.56. The van der Waals surface area contributed by atoms with Gasteiger partial charge in [-0.1, -0.05) is 45.9 Å². The van der Waals surface area contributed by atoms with Crippen molar-refractivity contribution in [2.75, 3.05) is 20.6 Å². The number of nitrogens with one attached hydrogen (secondary N) is 1. The van der Waals surface area contributed by atoms with Crippen molar-refractivity contribution in [3.05, 3.63) is 59.9 Å². The van der Waals surface area contributed by atoms with Gasteiger partial charge in [0.2, 0.25) is 5.82 Å². The molecule has 4 rings (SSSR count). The van der Waals surface area contributed by atoms with Crippen molar-refractivity contribution in [2.45, 2.75) is 147 Å². The van der Waals surface area contributed by atoms with E-state index in [9.17, 15) is 42.3 Å². The number of hydrogen-bond acceptors (Lipinski definition) is 17. The van der Waals surface area contributed by atoms with Gasteiger partial charge in [0.1, 0.15) is 35.8 Å². The number of hydrogen-bond donors (Lipinski definition) is 3. The lowest BCUT2D eigenvalue weighted by Gasteiger charge is -2.48. The standard InChI is InChI=1S/C46H65F3N6O12/c1-11-33-45(8,62-24-56)38(50)27(4)35(58)25(2)20-44(7,67-43(61)52-17-13-15-31-22-53-42(54-23-31)46(47,48)49)39(66-41-36(59)32(55(9)10)18-26(3)63-41)28(5)37(29(6)40(60)64-33)65-34(57)19-30-14-12-16-51-21-30/h12-16,21-29,32-33,36-39,41,59H,11,17-20,50H2,1-10H3,(H,52,61)/b15-13+/t25-,26-,27+,28+,29-,32+,33-,36-,37+,38-,39-,41+,44-,45-/m1/s1. The molecule has 14 atom stereocenters. The van der Waals surface area contributed by atoms with Gasteiger partial charge >= 0.3 is 24.2 Å². The Labute approximate surface area is 388 Å². The number of aromatic nitrogens is 3. The van der Waals surface area contributed by atoms with Crippen LogP contribution < -0.4 is 11.1 Å². The van der Waals surface area contributed by atoms with Crippen molar-refractivity contribution in [1.29, 1.82) is 0 Å². The second-order valence-corrected chi connectivity index (χ2v) is 18.1. The van der Waals surface area contributed by atoms with Crippen molar-refractivity contribution in [3.63, 3.8) is 0 Å². The van der Waals surface area contributed by atoms with Gasteiger partial charge < -0.3 is 49.5 Å². The quantitative estimate of drug-likeness (QED) is 0.143. The molecule has 0 bridgehead atoms. The predicted octanol–water partition coefficient (Wildman–Crippen LogP) is 4.45. The molecule has 4 N–H and O–H groups in total. The highest BCUT2D eigenvalue weighted by molar-refractivity contribution is 5.84. The first-order chi connectivity index (χ1) is 31.4. The summed E-state index contributed by atoms with van der Waals surface area (Å²) in [4.78, 5) is 81.5. The third-order valence-electron chi connectivity index (χ3n) is 12.7. The molecule has 0 aromatic carbocycles. The second kappa shape index (κ2) is 23.3. The Morgan fingerprint density at radius 2 is 1.75 bits per heavy atom. The molecule has 1 amide bonds. The number of amides is 1. The maximum atomic E-state index is 14.5. The Morgan fingerprint density at radius 1 is 1.07 bits per heavy atom. The number of ketones is 1. The molecule has 0 aliphatic carbocycles. The first kappa shape index (κ1) is 54.5. The van der Waals surface area contributed by atoms with Crippen LogP contribution in [0.15, 0.2) is 43.0 Å². The van der Waals surface area contributed by atoms with Gasteiger partial charge in [-0.15, -0.1) is 0 Å². The van der Waals surface area contributed by atoms with E-state index in [4.69, 9.17) is 34.2 Å². The molecule has 21 heteroatoms. The monoisotopic (exact) mass is 950 g/mol. The fraction of sp³-hybridized carbons (Fsp3) is 0.652. The number of pyridine rings is 1. The van der Waals surface area contributed by atoms with Gasteiger partial charge in [-0.3, -0.25) is 24.2 Å². The molecule has 0 unspecified atom stereocenters. The number of aliphatic hydroxyl groups is 1. The van der Waals surface area contributed by atoms with E-state index in [1.165, 1.54) is 45.3 Å². The molecule has 0 spiro atoms. The number of aliphatic hydroxyl groups excluding tert-OH is 1. The Hall–Kier alpha value is -5.09. The highest BCUT2D eigenvalue weighted by atomic mass is 19.4. The van der Waals surface area contributed by atoms with E-state index >= 15 is 0 Å². The fourth-order valence-electron chi connectivity index (χ4n) is 8.99. The minimum atomic E-state index is -4.74. The lowest BCUT2D eigenvalue weighted by molar-refractivity contribution is -0.298. The summed E-state index contributed by atoms with van der Waals surface area (Å²) in [5, 5.41) is 14.4. The van der Waals surface area contributed by atoms with Crippen LogP contribution in [0.4, 0.5) is 18.0 Å². The minimum Gasteiger partial charge on any atom is -0.461 e. The van der Waals surface area contributed by atoms with Gasteiger partial charge in [0.05, 0.1) is 24.5 Å². The van der Waals surface area contributed by atoms with Crippen LogP contribution in [-0.4, -0.2) is 136 Å². The van der Waals surface area contributed by atoms with E-state index in [1.54, 1.807) is 60.8 Å². The van der Waals surface area contributed by atoms with E-state index in [2.05, 4.69) is 20.3 Å². The van der Waals surface area contributed by atoms with E-state index in [0.717, 1.165) is 12.4 Å². The number of Topliss-reactive ketones (excluding diaryl/α,β-unsaturated/α-hetero) is 1. The summed E-state index contributed by atoms with van der Waals surface area (Å²) < 4.78 is 76.2. The Balaban J connectivity index is 1.87. The van der Waals surface area contributed by atoms with Crippen LogP contribution in [0.2, 0.25) is 0 Å². The Kier molecular flexibility index (Phi) is 18.9. The first-order valence-corrected chi connectivity index (χ1v) is 22.2. The van der Waals surface area contributed by atoms with Crippen molar-refractivity contribution in [1.82, 2.24) is 25.2 Å². The molecule has 2 aromatic heterocycles. The summed E-state index contributed by atoms with van der Waals surface area (Å²) in [5.41, 5.74) is 3.85. The maximum absolute atomic E-state index is 14.5. The number of nitrogens with two attached hydrogens (primary N) is 1. The molecule has 372 valence electrons. The molecule has 0 radical (unpaired) electrons. The number of nitrogens with zero attached hydrogens (tertiary/aromatic N) is 4. The Bertz CT molecular complexity index is 2020. The molecule has 67 heavy (non-hydrogen) atoms. The molecule has 2 aromatic rings. The number of halogens is 3. The van der Waals surface area contributed by atoms with Gasteiger partial charge in [0, 0.05) is 60.7 Å². The van der Waals surface area contributed by atoms with Gasteiger partial charge in [0.25, 0.3) is 6.47 Å². The SMILES string of the molecule is CC[C@H]1OC(=O)[C@H](C)[C@@H](OC(=O)Cc2cccnc2)[C@H](C)[C@@H](O[C@@H]2O[C@H](C)C[C@H](N(C)C)[C@H]2O)[C@](C)(OC(=O)NC/C=C/c2cnc(C(F)(F)F)nc2)C[C@@H](C)C(=O)[C@H](C)[C@@H](N)[C@]1(C)OC=O. The summed E-state index contributed by atoms with van der Waals surface area (Å²) in [5.74, 6) is -7.90. The van der Waals surface area contributed by atoms with Crippen molar-refractivity contribution < 1.29 is 70.7 Å². The number of carbonyl (C=O) groups is 5. The third-order valence-corrected chi connectivity index (χ3v) is 12.7. The van der Waals surface area contributed by atoms with E-state index in [1.807, 2.05) is 4.90 Å². The van der Waals surface area contributed by atoms with Crippen LogP contribution in [0.1, 0.15) is 91.6 Å². The molecule has 2 fully saturated rings. The number of alkyl carbamates (subject to hydrolysis) is 1. The van der Waals surface area contributed by atoms with Crippen LogP contribution in [0.3, 0.4) is 0 Å². The van der Waals surface area contributed by atoms with Gasteiger partial charge in [-0.25, -0.2) is 14.8 Å². The van der Waals surface area contributed by atoms with Crippen LogP contribution in [0.25, 0.3) is 6.08 Å². The van der Waals surface area contributed by atoms with Crippen molar-refractivity contribution >= 4 is 36.4 Å². The number of ether oxygens (including phenoxy) is 6. The van der Waals surface area contributed by atoms with Crippen LogP contribution in [0, 0.1) is 23.7 Å². The summed E-state index contributed by atoms with van der Waals surface area (Å²) in [6, 6.07) is 1.59. The van der Waals surface area contributed by atoms with E-state index in [0.29, 0.717) is 12.0 Å². The highest BCUT2D eigenvalue weighted by Gasteiger charge is 2.55. The maximum Gasteiger partial charge on any atom is 0.451 e. The van der Waals surface area contributed by atoms with E-state index < -0.39 is 120 Å². The van der Waals surface area contributed by atoms with Crippen LogP contribution in [0.5, 0.6) is 0 Å². The van der Waals surface area contributed by atoms with Gasteiger partial charge in [-0.2, -0.15) is 13.2 Å². The number of alkyl halides is 3. The molecule has 4 heterocycles. The molecule has 18 nitrogen and oxygen atoms in total. The average molecular weight is 951 g/mol. The zero-order valence-electron chi connectivity index (χ0n) is 39.6. The predicted molar refractivity (Wildman–Crippen MR) is 234 cm³/mol. The fourth-order valence-corrected chi connectivity index (χ4v) is 8.99. The topological polar surface area (TPSA) is 241 Å². The number of cyclic esters (lactones) is 1.